The number of thioether (sulfide) groups is 1. The van der Waals surface area contributed by atoms with Crippen molar-refractivity contribution in [3.05, 3.63) is 80.2 Å². The van der Waals surface area contributed by atoms with Gasteiger partial charge in [-0.1, -0.05) is 36.4 Å². The maximum absolute atomic E-state index is 13.1. The summed E-state index contributed by atoms with van der Waals surface area (Å²) in [6, 6.07) is 10.3. The number of alkyl halides is 3. The number of hydrogen-bond acceptors (Lipinski definition) is 5. The van der Waals surface area contributed by atoms with Gasteiger partial charge in [0.05, 0.1) is 21.9 Å². The second-order valence-corrected chi connectivity index (χ2v) is 6.73. The third kappa shape index (κ3) is 3.91. The van der Waals surface area contributed by atoms with E-state index in [-0.39, 0.29) is 28.3 Å². The highest BCUT2D eigenvalue weighted by Gasteiger charge is 2.37. The number of nitro benzene ring substituents is 1. The number of carbonyl (C=O) groups excluding carboxylic acids is 2. The number of benzene rings is 2. The molecule has 2 amide bonds. The fourth-order valence-electron chi connectivity index (χ4n) is 2.65. The van der Waals surface area contributed by atoms with Gasteiger partial charge < -0.3 is 0 Å². The first kappa shape index (κ1) is 19.6. The summed E-state index contributed by atoms with van der Waals surface area (Å²) in [5.41, 5.74) is -1.29. The maximum atomic E-state index is 13.1. The molecule has 0 radical (unpaired) electrons. The monoisotopic (exact) mass is 408 g/mol. The van der Waals surface area contributed by atoms with Gasteiger partial charge in [0.2, 0.25) is 0 Å². The molecule has 1 saturated heterocycles. The summed E-state index contributed by atoms with van der Waals surface area (Å²) in [6.45, 7) is -0.347. The Hall–Kier alpha value is -3.14. The molecule has 1 heterocycles. The maximum Gasteiger partial charge on any atom is 0.416 e. The van der Waals surface area contributed by atoms with Crippen LogP contribution in [0.2, 0.25) is 0 Å². The Kier molecular flexibility index (Phi) is 5.23. The van der Waals surface area contributed by atoms with Crippen molar-refractivity contribution in [1.82, 2.24) is 4.90 Å². The predicted octanol–water partition coefficient (Wildman–Crippen LogP) is 4.85. The van der Waals surface area contributed by atoms with Gasteiger partial charge in [0.15, 0.2) is 0 Å². The Morgan fingerprint density at radius 2 is 1.71 bits per heavy atom. The van der Waals surface area contributed by atoms with Crippen LogP contribution in [-0.4, -0.2) is 21.0 Å². The molecule has 1 fully saturated rings. The molecule has 144 valence electrons. The van der Waals surface area contributed by atoms with Crippen molar-refractivity contribution in [3.63, 3.8) is 0 Å². The number of nitro groups is 1. The van der Waals surface area contributed by atoms with Gasteiger partial charge >= 0.3 is 6.18 Å². The first-order valence-electron chi connectivity index (χ1n) is 7.82. The lowest BCUT2D eigenvalue weighted by atomic mass is 10.1. The molecule has 6 nitrogen and oxygen atoms in total. The van der Waals surface area contributed by atoms with Crippen LogP contribution >= 0.6 is 11.8 Å². The molecule has 2 aromatic rings. The molecule has 0 saturated carbocycles. The number of halogens is 3. The zero-order chi connectivity index (χ0) is 20.5. The fraction of sp³-hybridized carbons (Fsp3) is 0.111. The number of imide groups is 1. The van der Waals surface area contributed by atoms with Crippen LogP contribution in [0.5, 0.6) is 0 Å². The van der Waals surface area contributed by atoms with Gasteiger partial charge in [-0.05, 0) is 29.5 Å². The minimum absolute atomic E-state index is 0.145. The quantitative estimate of drug-likeness (QED) is 0.410. The van der Waals surface area contributed by atoms with Gasteiger partial charge in [0, 0.05) is 11.6 Å². The van der Waals surface area contributed by atoms with Crippen molar-refractivity contribution in [3.8, 4) is 0 Å². The average molecular weight is 408 g/mol. The number of amides is 2. The van der Waals surface area contributed by atoms with Crippen LogP contribution in [0, 0.1) is 10.1 Å². The van der Waals surface area contributed by atoms with E-state index in [0.29, 0.717) is 11.8 Å². The molecule has 1 aliphatic rings. The summed E-state index contributed by atoms with van der Waals surface area (Å²) in [6.07, 6.45) is -3.61. The van der Waals surface area contributed by atoms with Crippen molar-refractivity contribution in [1.29, 1.82) is 0 Å². The Morgan fingerprint density at radius 3 is 2.39 bits per heavy atom. The molecule has 0 bridgehead atoms. The third-order valence-electron chi connectivity index (χ3n) is 3.94. The topological polar surface area (TPSA) is 80.5 Å². The lowest BCUT2D eigenvalue weighted by Gasteiger charge is -2.12. The van der Waals surface area contributed by atoms with E-state index < -0.39 is 27.8 Å². The summed E-state index contributed by atoms with van der Waals surface area (Å²) in [5.74, 6) is -0.801. The molecular formula is C18H11F3N2O4S. The molecule has 0 aliphatic carbocycles. The molecule has 2 aromatic carbocycles. The van der Waals surface area contributed by atoms with Gasteiger partial charge in [-0.15, -0.1) is 0 Å². The Morgan fingerprint density at radius 1 is 1.07 bits per heavy atom. The molecular weight excluding hydrogens is 397 g/mol. The van der Waals surface area contributed by atoms with E-state index in [9.17, 15) is 32.9 Å². The fourth-order valence-corrected chi connectivity index (χ4v) is 3.48. The first-order chi connectivity index (χ1) is 13.2. The van der Waals surface area contributed by atoms with Crippen molar-refractivity contribution < 1.29 is 27.7 Å². The Bertz CT molecular complexity index is 1000. The summed E-state index contributed by atoms with van der Waals surface area (Å²) in [4.78, 5) is 35.8. The van der Waals surface area contributed by atoms with Crippen LogP contribution in [0.4, 0.5) is 23.7 Å². The van der Waals surface area contributed by atoms with E-state index in [2.05, 4.69) is 0 Å². The molecule has 0 spiro atoms. The molecule has 10 heteroatoms. The van der Waals surface area contributed by atoms with E-state index >= 15 is 0 Å². The van der Waals surface area contributed by atoms with E-state index in [4.69, 9.17) is 0 Å². The highest BCUT2D eigenvalue weighted by atomic mass is 32.2. The van der Waals surface area contributed by atoms with E-state index in [1.54, 1.807) is 0 Å². The van der Waals surface area contributed by atoms with Crippen LogP contribution in [0.15, 0.2) is 53.4 Å². The normalized spacial score (nSPS) is 16.1. The first-order valence-corrected chi connectivity index (χ1v) is 8.64. The molecule has 0 aromatic heterocycles. The van der Waals surface area contributed by atoms with Gasteiger partial charge in [0.1, 0.15) is 0 Å². The van der Waals surface area contributed by atoms with Gasteiger partial charge in [0.25, 0.3) is 16.8 Å². The van der Waals surface area contributed by atoms with Crippen molar-refractivity contribution in [2.24, 2.45) is 0 Å². The summed E-state index contributed by atoms with van der Waals surface area (Å²) in [7, 11) is 0. The van der Waals surface area contributed by atoms with Gasteiger partial charge in [-0.25, -0.2) is 0 Å². The average Bonchev–Trinajstić information content (AvgIpc) is 2.89. The Balaban J connectivity index is 1.92. The molecule has 28 heavy (non-hydrogen) atoms. The summed E-state index contributed by atoms with van der Waals surface area (Å²) < 4.78 is 39.4. The number of para-hydroxylation sites is 1. The second-order valence-electron chi connectivity index (χ2n) is 5.74. The lowest BCUT2D eigenvalue weighted by Crippen LogP contribution is -2.27. The molecule has 3 rings (SSSR count). The number of carbonyl (C=O) groups is 2. The minimum Gasteiger partial charge on any atom is -0.268 e. The van der Waals surface area contributed by atoms with E-state index in [1.165, 1.54) is 42.5 Å². The van der Waals surface area contributed by atoms with Crippen LogP contribution in [0.3, 0.4) is 0 Å². The lowest BCUT2D eigenvalue weighted by molar-refractivity contribution is -0.385. The number of nitrogens with zero attached hydrogens (tertiary/aromatic N) is 2. The van der Waals surface area contributed by atoms with Crippen molar-refractivity contribution >= 4 is 34.7 Å². The van der Waals surface area contributed by atoms with Gasteiger partial charge in [-0.2, -0.15) is 13.2 Å². The standard InChI is InChI=1S/C18H11F3N2O4S/c19-18(20,21)13-7-3-1-5-11(13)9-15-16(24)22(17(25)28-15)10-12-6-2-4-8-14(12)23(26)27/h1-9H,10H2/b15-9-. The summed E-state index contributed by atoms with van der Waals surface area (Å²) >= 11 is 0.491. The van der Waals surface area contributed by atoms with Crippen LogP contribution in [0.1, 0.15) is 16.7 Å². The van der Waals surface area contributed by atoms with Gasteiger partial charge in [-0.3, -0.25) is 24.6 Å². The van der Waals surface area contributed by atoms with Crippen molar-refractivity contribution in [2.75, 3.05) is 0 Å². The van der Waals surface area contributed by atoms with Crippen LogP contribution < -0.4 is 0 Å². The zero-order valence-corrected chi connectivity index (χ0v) is 14.8. The largest absolute Gasteiger partial charge is 0.416 e. The number of rotatable bonds is 4. The highest BCUT2D eigenvalue weighted by Crippen LogP contribution is 2.37. The highest BCUT2D eigenvalue weighted by molar-refractivity contribution is 8.18. The van der Waals surface area contributed by atoms with E-state index in [0.717, 1.165) is 17.0 Å². The van der Waals surface area contributed by atoms with Crippen molar-refractivity contribution in [2.45, 2.75) is 12.7 Å². The third-order valence-corrected chi connectivity index (χ3v) is 4.85. The SMILES string of the molecule is O=C1S/C(=C\c2ccccc2C(F)(F)F)C(=O)N1Cc1ccccc1[N+](=O)[O-]. The van der Waals surface area contributed by atoms with E-state index in [1.807, 2.05) is 0 Å². The molecule has 0 atom stereocenters. The molecule has 1 aliphatic heterocycles. The molecule has 0 unspecified atom stereocenters. The Labute approximate surface area is 160 Å². The molecule has 0 N–H and O–H groups in total. The van der Waals surface area contributed by atoms with Crippen LogP contribution in [0.25, 0.3) is 6.08 Å². The zero-order valence-electron chi connectivity index (χ0n) is 14.0. The summed E-state index contributed by atoms with van der Waals surface area (Å²) in [5, 5.41) is 10.4. The van der Waals surface area contributed by atoms with Crippen LogP contribution in [-0.2, 0) is 17.5 Å². The second kappa shape index (κ2) is 7.47. The smallest absolute Gasteiger partial charge is 0.268 e. The minimum atomic E-state index is -4.62. The number of hydrogen-bond donors (Lipinski definition) is 0. The predicted molar refractivity (Wildman–Crippen MR) is 96.1 cm³/mol.